The van der Waals surface area contributed by atoms with Crippen molar-refractivity contribution in [3.63, 3.8) is 0 Å². The van der Waals surface area contributed by atoms with Crippen LogP contribution in [0.2, 0.25) is 0 Å². The molecular weight excluding hydrogens is 260 g/mol. The Balaban J connectivity index is 2.20. The number of aromatic nitrogens is 3. The van der Waals surface area contributed by atoms with Crippen LogP contribution in [0.4, 0.5) is 5.69 Å². The molecule has 114 valence electrons. The van der Waals surface area contributed by atoms with Crippen LogP contribution in [0.3, 0.4) is 0 Å². The zero-order chi connectivity index (χ0) is 15.2. The first-order valence-corrected chi connectivity index (χ1v) is 7.77. The summed E-state index contributed by atoms with van der Waals surface area (Å²) in [5.41, 5.74) is 1.05. The molecule has 0 unspecified atom stereocenters. The highest BCUT2D eigenvalue weighted by atomic mass is 15.3. The Labute approximate surface area is 127 Å². The topological polar surface area (TPSA) is 42.7 Å². The Kier molecular flexibility index (Phi) is 5.37. The second-order valence-corrected chi connectivity index (χ2v) is 6.43. The van der Waals surface area contributed by atoms with E-state index < -0.39 is 0 Å². The highest BCUT2D eigenvalue weighted by Crippen LogP contribution is 2.22. The van der Waals surface area contributed by atoms with E-state index in [0.717, 1.165) is 24.3 Å². The Morgan fingerprint density at radius 3 is 2.33 bits per heavy atom. The van der Waals surface area contributed by atoms with Gasteiger partial charge >= 0.3 is 0 Å². The van der Waals surface area contributed by atoms with Crippen molar-refractivity contribution in [3.8, 4) is 5.82 Å². The van der Waals surface area contributed by atoms with E-state index in [1.165, 1.54) is 0 Å². The molecule has 2 rings (SSSR count). The van der Waals surface area contributed by atoms with E-state index in [1.807, 2.05) is 29.2 Å². The Bertz CT molecular complexity index is 521. The van der Waals surface area contributed by atoms with Crippen LogP contribution >= 0.6 is 0 Å². The highest BCUT2D eigenvalue weighted by molar-refractivity contribution is 5.56. The minimum absolute atomic E-state index is 0.462. The van der Waals surface area contributed by atoms with Crippen molar-refractivity contribution in [1.29, 1.82) is 0 Å². The number of nitrogens with one attached hydrogen (secondary N) is 1. The van der Waals surface area contributed by atoms with Crippen LogP contribution in [-0.2, 0) is 0 Å². The summed E-state index contributed by atoms with van der Waals surface area (Å²) in [6.45, 7) is 9.08. The van der Waals surface area contributed by atoms with Crippen molar-refractivity contribution in [3.05, 3.63) is 36.8 Å². The van der Waals surface area contributed by atoms with Crippen molar-refractivity contribution >= 4 is 5.69 Å². The van der Waals surface area contributed by atoms with Gasteiger partial charge in [0.2, 0.25) is 0 Å². The maximum atomic E-state index is 4.47. The predicted octanol–water partition coefficient (Wildman–Crippen LogP) is 4.14. The Morgan fingerprint density at radius 2 is 1.76 bits per heavy atom. The van der Waals surface area contributed by atoms with E-state index in [0.29, 0.717) is 17.9 Å². The average molecular weight is 286 g/mol. The fourth-order valence-corrected chi connectivity index (χ4v) is 2.66. The van der Waals surface area contributed by atoms with Gasteiger partial charge in [-0.1, -0.05) is 27.7 Å². The van der Waals surface area contributed by atoms with Gasteiger partial charge < -0.3 is 5.32 Å². The van der Waals surface area contributed by atoms with E-state index in [-0.39, 0.29) is 0 Å². The lowest BCUT2D eigenvalue weighted by molar-refractivity contribution is 0.442. The molecule has 0 saturated heterocycles. The van der Waals surface area contributed by atoms with Crippen LogP contribution < -0.4 is 5.32 Å². The van der Waals surface area contributed by atoms with Gasteiger partial charge in [0.1, 0.15) is 0 Å². The third-order valence-electron chi connectivity index (χ3n) is 3.38. The average Bonchev–Trinajstić information content (AvgIpc) is 2.91. The first-order valence-electron chi connectivity index (χ1n) is 7.77. The van der Waals surface area contributed by atoms with E-state index in [2.05, 4.69) is 49.2 Å². The minimum Gasteiger partial charge on any atom is -0.379 e. The summed E-state index contributed by atoms with van der Waals surface area (Å²) in [5.74, 6) is 2.21. The van der Waals surface area contributed by atoms with Gasteiger partial charge in [-0.25, -0.2) is 9.67 Å². The molecule has 0 fully saturated rings. The van der Waals surface area contributed by atoms with Gasteiger partial charge in [-0.3, -0.25) is 0 Å². The minimum atomic E-state index is 0.462. The van der Waals surface area contributed by atoms with Gasteiger partial charge in [-0.2, -0.15) is 5.10 Å². The molecule has 2 aromatic rings. The molecule has 0 aliphatic heterocycles. The van der Waals surface area contributed by atoms with Gasteiger partial charge in [-0.05, 0) is 42.9 Å². The number of anilines is 1. The van der Waals surface area contributed by atoms with Crippen LogP contribution in [0.5, 0.6) is 0 Å². The second-order valence-electron chi connectivity index (χ2n) is 6.43. The zero-order valence-electron chi connectivity index (χ0n) is 13.5. The Hall–Kier alpha value is -1.84. The molecule has 1 N–H and O–H groups in total. The van der Waals surface area contributed by atoms with Gasteiger partial charge in [-0.15, -0.1) is 0 Å². The summed E-state index contributed by atoms with van der Waals surface area (Å²) in [6.07, 6.45) is 7.82. The zero-order valence-corrected chi connectivity index (χ0v) is 13.5. The van der Waals surface area contributed by atoms with Crippen LogP contribution in [0.15, 0.2) is 36.8 Å². The van der Waals surface area contributed by atoms with Gasteiger partial charge in [0.25, 0.3) is 0 Å². The van der Waals surface area contributed by atoms with Crippen molar-refractivity contribution in [2.45, 2.75) is 46.6 Å². The summed E-state index contributed by atoms with van der Waals surface area (Å²) in [4.78, 5) is 4.47. The summed E-state index contributed by atoms with van der Waals surface area (Å²) in [7, 11) is 0. The normalized spacial score (nSPS) is 11.6. The standard InChI is InChI=1S/C17H26N4/c1-13(2)11-15(12-14(3)4)20-16-7-5-8-18-17(16)21-10-6-9-19-21/h5-10,13-15,20H,11-12H2,1-4H3. The molecule has 0 bridgehead atoms. The van der Waals surface area contributed by atoms with Crippen LogP contribution in [0, 0.1) is 11.8 Å². The summed E-state index contributed by atoms with van der Waals surface area (Å²) >= 11 is 0. The lowest BCUT2D eigenvalue weighted by Crippen LogP contribution is -2.24. The third-order valence-corrected chi connectivity index (χ3v) is 3.38. The molecule has 0 spiro atoms. The van der Waals surface area contributed by atoms with E-state index >= 15 is 0 Å². The molecule has 0 aliphatic carbocycles. The van der Waals surface area contributed by atoms with E-state index in [1.54, 1.807) is 6.20 Å². The number of nitrogens with zero attached hydrogens (tertiary/aromatic N) is 3. The molecule has 2 heterocycles. The summed E-state index contributed by atoms with van der Waals surface area (Å²) in [5, 5.41) is 7.97. The van der Waals surface area contributed by atoms with E-state index in [4.69, 9.17) is 0 Å². The van der Waals surface area contributed by atoms with Crippen molar-refractivity contribution < 1.29 is 0 Å². The number of pyridine rings is 1. The number of hydrogen-bond acceptors (Lipinski definition) is 3. The third kappa shape index (κ3) is 4.59. The molecule has 21 heavy (non-hydrogen) atoms. The molecule has 0 saturated carbocycles. The molecule has 0 aromatic carbocycles. The maximum absolute atomic E-state index is 4.47. The fourth-order valence-electron chi connectivity index (χ4n) is 2.66. The number of rotatable bonds is 7. The quantitative estimate of drug-likeness (QED) is 0.832. The molecule has 0 aliphatic rings. The first-order chi connectivity index (χ1) is 10.1. The molecular formula is C17H26N4. The smallest absolute Gasteiger partial charge is 0.176 e. The van der Waals surface area contributed by atoms with Crippen molar-refractivity contribution in [2.24, 2.45) is 11.8 Å². The highest BCUT2D eigenvalue weighted by Gasteiger charge is 2.15. The predicted molar refractivity (Wildman–Crippen MR) is 87.7 cm³/mol. The second kappa shape index (κ2) is 7.25. The van der Waals surface area contributed by atoms with Gasteiger partial charge in [0.05, 0.1) is 5.69 Å². The molecule has 0 atom stereocenters. The largest absolute Gasteiger partial charge is 0.379 e. The number of hydrogen-bond donors (Lipinski definition) is 1. The molecule has 0 amide bonds. The summed E-state index contributed by atoms with van der Waals surface area (Å²) in [6, 6.07) is 6.43. The maximum Gasteiger partial charge on any atom is 0.176 e. The van der Waals surface area contributed by atoms with Gasteiger partial charge in [0.15, 0.2) is 5.82 Å². The lowest BCUT2D eigenvalue weighted by atomic mass is 9.95. The molecule has 4 nitrogen and oxygen atoms in total. The molecule has 2 aromatic heterocycles. The monoisotopic (exact) mass is 286 g/mol. The van der Waals surface area contributed by atoms with Crippen LogP contribution in [0.1, 0.15) is 40.5 Å². The Morgan fingerprint density at radius 1 is 1.05 bits per heavy atom. The lowest BCUT2D eigenvalue weighted by Gasteiger charge is -2.24. The van der Waals surface area contributed by atoms with Crippen molar-refractivity contribution in [1.82, 2.24) is 14.8 Å². The first kappa shape index (κ1) is 15.5. The summed E-state index contributed by atoms with van der Waals surface area (Å²) < 4.78 is 1.81. The van der Waals surface area contributed by atoms with Crippen LogP contribution in [0.25, 0.3) is 5.82 Å². The van der Waals surface area contributed by atoms with E-state index in [9.17, 15) is 0 Å². The van der Waals surface area contributed by atoms with Crippen molar-refractivity contribution in [2.75, 3.05) is 5.32 Å². The van der Waals surface area contributed by atoms with Crippen LogP contribution in [-0.4, -0.2) is 20.8 Å². The molecule has 4 heteroatoms. The SMILES string of the molecule is CC(C)CC(CC(C)C)Nc1cccnc1-n1cccn1. The fraction of sp³-hybridized carbons (Fsp3) is 0.529. The molecule has 0 radical (unpaired) electrons. The van der Waals surface area contributed by atoms with Gasteiger partial charge in [0, 0.05) is 24.6 Å².